The normalized spacial score (nSPS) is 23.1. The number of aromatic hydroxyl groups is 1. The summed E-state index contributed by atoms with van der Waals surface area (Å²) >= 11 is 0. The minimum atomic E-state index is -0.454. The van der Waals surface area contributed by atoms with Gasteiger partial charge in [-0.25, -0.2) is 0 Å². The summed E-state index contributed by atoms with van der Waals surface area (Å²) in [5.74, 6) is -0.318. The van der Waals surface area contributed by atoms with Crippen molar-refractivity contribution in [3.05, 3.63) is 42.0 Å². The summed E-state index contributed by atoms with van der Waals surface area (Å²) in [6.07, 6.45) is 6.07. The highest BCUT2D eigenvalue weighted by atomic mass is 16.3. The van der Waals surface area contributed by atoms with Gasteiger partial charge in [-0.15, -0.1) is 0 Å². The quantitative estimate of drug-likeness (QED) is 0.818. The van der Waals surface area contributed by atoms with Crippen LogP contribution in [0.3, 0.4) is 0 Å². The van der Waals surface area contributed by atoms with E-state index in [1.807, 2.05) is 30.3 Å². The molecule has 3 aliphatic rings. The fourth-order valence-electron chi connectivity index (χ4n) is 5.01. The van der Waals surface area contributed by atoms with Gasteiger partial charge in [-0.05, 0) is 50.0 Å². The number of carbonyl (C=O) groups is 2. The van der Waals surface area contributed by atoms with Crippen LogP contribution in [0.1, 0.15) is 48.9 Å². The summed E-state index contributed by atoms with van der Waals surface area (Å²) in [6, 6.07) is 11.5. The van der Waals surface area contributed by atoms with E-state index < -0.39 is 6.04 Å². The van der Waals surface area contributed by atoms with E-state index in [0.717, 1.165) is 43.8 Å². The molecular formula is C24H29N3O3. The number of rotatable bonds is 4. The molecule has 0 radical (unpaired) electrons. The highest BCUT2D eigenvalue weighted by molar-refractivity contribution is 6.05. The minimum absolute atomic E-state index is 0.00314. The number of hydrogen-bond acceptors (Lipinski definition) is 4. The lowest BCUT2D eigenvalue weighted by molar-refractivity contribution is -0.125. The molecule has 0 bridgehead atoms. The zero-order valence-electron chi connectivity index (χ0n) is 17.2. The number of phenolic OH excluding ortho intramolecular Hbond substituents is 1. The third-order valence-corrected chi connectivity index (χ3v) is 6.89. The molecule has 158 valence electrons. The maximum absolute atomic E-state index is 13.2. The van der Waals surface area contributed by atoms with Crippen molar-refractivity contribution in [3.8, 4) is 5.75 Å². The molecule has 2 amide bonds. The van der Waals surface area contributed by atoms with E-state index >= 15 is 0 Å². The van der Waals surface area contributed by atoms with Gasteiger partial charge in [0.2, 0.25) is 5.91 Å². The van der Waals surface area contributed by atoms with Gasteiger partial charge in [0.05, 0.1) is 5.56 Å². The molecule has 6 heteroatoms. The van der Waals surface area contributed by atoms with Crippen LogP contribution in [0.15, 0.2) is 36.4 Å². The molecule has 1 aliphatic carbocycles. The lowest BCUT2D eigenvalue weighted by Crippen LogP contribution is -2.51. The van der Waals surface area contributed by atoms with Gasteiger partial charge in [-0.3, -0.25) is 9.59 Å². The molecule has 5 rings (SSSR count). The van der Waals surface area contributed by atoms with Crippen LogP contribution < -0.4 is 5.32 Å². The number of nitrogens with zero attached hydrogens (tertiary/aromatic N) is 2. The molecule has 2 heterocycles. The first-order chi connectivity index (χ1) is 14.6. The number of carbonyl (C=O) groups excluding carboxylic acids is 2. The zero-order valence-corrected chi connectivity index (χ0v) is 17.2. The number of phenols is 1. The third kappa shape index (κ3) is 3.65. The van der Waals surface area contributed by atoms with Gasteiger partial charge in [0.15, 0.2) is 0 Å². The maximum Gasteiger partial charge on any atom is 0.258 e. The predicted molar refractivity (Wildman–Crippen MR) is 115 cm³/mol. The van der Waals surface area contributed by atoms with Crippen LogP contribution >= 0.6 is 0 Å². The summed E-state index contributed by atoms with van der Waals surface area (Å²) in [7, 11) is 0. The van der Waals surface area contributed by atoms with Gasteiger partial charge in [0, 0.05) is 37.1 Å². The van der Waals surface area contributed by atoms with Crippen LogP contribution in [0, 0.1) is 0 Å². The number of amides is 2. The Kier molecular flexibility index (Phi) is 5.11. The molecule has 2 saturated heterocycles. The zero-order chi connectivity index (χ0) is 20.7. The Morgan fingerprint density at radius 1 is 0.933 bits per heavy atom. The number of hydrogen-bond donors (Lipinski definition) is 2. The van der Waals surface area contributed by atoms with Crippen LogP contribution in [-0.4, -0.2) is 64.5 Å². The predicted octanol–water partition coefficient (Wildman–Crippen LogP) is 2.89. The number of likely N-dealkylation sites (tertiary alicyclic amines) is 2. The molecule has 1 atom stereocenters. The molecule has 1 saturated carbocycles. The fourth-order valence-corrected chi connectivity index (χ4v) is 5.01. The molecule has 0 aromatic heterocycles. The van der Waals surface area contributed by atoms with Gasteiger partial charge < -0.3 is 20.2 Å². The second-order valence-electron chi connectivity index (χ2n) is 8.89. The second kappa shape index (κ2) is 7.91. The largest absolute Gasteiger partial charge is 0.506 e. The van der Waals surface area contributed by atoms with Crippen molar-refractivity contribution in [3.63, 3.8) is 0 Å². The van der Waals surface area contributed by atoms with Crippen molar-refractivity contribution in [1.29, 1.82) is 0 Å². The van der Waals surface area contributed by atoms with Gasteiger partial charge in [-0.1, -0.05) is 30.3 Å². The molecule has 2 aromatic carbocycles. The minimum Gasteiger partial charge on any atom is -0.506 e. The van der Waals surface area contributed by atoms with E-state index in [9.17, 15) is 14.7 Å². The van der Waals surface area contributed by atoms with E-state index in [0.29, 0.717) is 18.4 Å². The first kappa shape index (κ1) is 19.4. The summed E-state index contributed by atoms with van der Waals surface area (Å²) in [5, 5.41) is 15.4. The Bertz CT molecular complexity index is 963. The monoisotopic (exact) mass is 407 g/mol. The summed E-state index contributed by atoms with van der Waals surface area (Å²) in [4.78, 5) is 30.4. The molecule has 30 heavy (non-hydrogen) atoms. The molecule has 1 unspecified atom stereocenters. The van der Waals surface area contributed by atoms with E-state index in [1.54, 1.807) is 11.0 Å². The number of fused-ring (bicyclic) bond motifs is 1. The number of nitrogens with one attached hydrogen (secondary N) is 1. The Labute approximate surface area is 176 Å². The van der Waals surface area contributed by atoms with Crippen LogP contribution in [0.4, 0.5) is 0 Å². The van der Waals surface area contributed by atoms with E-state index in [1.165, 1.54) is 12.8 Å². The molecule has 0 spiro atoms. The first-order valence-electron chi connectivity index (χ1n) is 11.2. The van der Waals surface area contributed by atoms with Crippen LogP contribution in [0.25, 0.3) is 10.8 Å². The topological polar surface area (TPSA) is 72.9 Å². The van der Waals surface area contributed by atoms with Crippen LogP contribution in [0.2, 0.25) is 0 Å². The lowest BCUT2D eigenvalue weighted by Gasteiger charge is -2.33. The maximum atomic E-state index is 13.2. The van der Waals surface area contributed by atoms with E-state index in [4.69, 9.17) is 0 Å². The number of piperidine rings is 1. The van der Waals surface area contributed by atoms with E-state index in [2.05, 4.69) is 10.2 Å². The second-order valence-corrected chi connectivity index (χ2v) is 8.89. The van der Waals surface area contributed by atoms with Crippen LogP contribution in [-0.2, 0) is 4.79 Å². The highest BCUT2D eigenvalue weighted by Crippen LogP contribution is 2.32. The van der Waals surface area contributed by atoms with Crippen LogP contribution in [0.5, 0.6) is 5.75 Å². The van der Waals surface area contributed by atoms with Crippen molar-refractivity contribution in [2.24, 2.45) is 0 Å². The number of benzene rings is 2. The summed E-state index contributed by atoms with van der Waals surface area (Å²) < 4.78 is 0. The molecule has 2 aliphatic heterocycles. The summed E-state index contributed by atoms with van der Waals surface area (Å²) in [5.41, 5.74) is 0.270. The van der Waals surface area contributed by atoms with Crippen molar-refractivity contribution >= 4 is 22.6 Å². The molecule has 6 nitrogen and oxygen atoms in total. The average Bonchev–Trinajstić information content (AvgIpc) is 3.50. The Balaban J connectivity index is 1.27. The highest BCUT2D eigenvalue weighted by Gasteiger charge is 2.37. The van der Waals surface area contributed by atoms with Gasteiger partial charge in [0.1, 0.15) is 11.8 Å². The standard InChI is InChI=1S/C24H29N3O3/c28-22-19-5-2-1-4-16(19)7-10-20(22)24(30)27-13-3-6-21(27)23(29)25-17-11-14-26(15-12-17)18-8-9-18/h1-2,4-5,7,10,17-18,21,28H,3,6,8-9,11-15H2,(H,25,29). The van der Waals surface area contributed by atoms with Gasteiger partial charge >= 0.3 is 0 Å². The Morgan fingerprint density at radius 2 is 1.70 bits per heavy atom. The van der Waals surface area contributed by atoms with Gasteiger partial charge in [0.25, 0.3) is 5.91 Å². The SMILES string of the molecule is O=C(NC1CCN(C2CC2)CC1)C1CCCN1C(=O)c1ccc2ccccc2c1O. The van der Waals surface area contributed by atoms with Crippen molar-refractivity contribution in [2.45, 2.75) is 56.7 Å². The third-order valence-electron chi connectivity index (χ3n) is 6.89. The summed E-state index contributed by atoms with van der Waals surface area (Å²) in [6.45, 7) is 2.64. The first-order valence-corrected chi connectivity index (χ1v) is 11.2. The lowest BCUT2D eigenvalue weighted by atomic mass is 10.0. The smallest absolute Gasteiger partial charge is 0.258 e. The molecule has 3 fully saturated rings. The average molecular weight is 408 g/mol. The van der Waals surface area contributed by atoms with Gasteiger partial charge in [-0.2, -0.15) is 0 Å². The Morgan fingerprint density at radius 3 is 2.47 bits per heavy atom. The molecular weight excluding hydrogens is 378 g/mol. The van der Waals surface area contributed by atoms with Crippen molar-refractivity contribution < 1.29 is 14.7 Å². The van der Waals surface area contributed by atoms with Crippen molar-refractivity contribution in [2.75, 3.05) is 19.6 Å². The fraction of sp³-hybridized carbons (Fsp3) is 0.500. The molecule has 2 N–H and O–H groups in total. The van der Waals surface area contributed by atoms with Crippen molar-refractivity contribution in [1.82, 2.24) is 15.1 Å². The molecule has 2 aromatic rings. The Hall–Kier alpha value is -2.60. The van der Waals surface area contributed by atoms with E-state index in [-0.39, 0.29) is 29.2 Å².